The average Bonchev–Trinajstić information content (AvgIpc) is 3.27. The molecule has 8 heteroatoms. The fourth-order valence-electron chi connectivity index (χ4n) is 3.68. The van der Waals surface area contributed by atoms with E-state index in [0.717, 1.165) is 5.69 Å². The van der Waals surface area contributed by atoms with Crippen LogP contribution in [0.25, 0.3) is 5.69 Å². The summed E-state index contributed by atoms with van der Waals surface area (Å²) in [6.07, 6.45) is 2.00. The Morgan fingerprint density at radius 3 is 2.80 bits per heavy atom. The van der Waals surface area contributed by atoms with E-state index < -0.39 is 11.4 Å². The molecule has 1 aromatic carbocycles. The molecule has 3 heterocycles. The van der Waals surface area contributed by atoms with Gasteiger partial charge >= 0.3 is 5.97 Å². The van der Waals surface area contributed by atoms with Gasteiger partial charge in [0.2, 0.25) is 0 Å². The summed E-state index contributed by atoms with van der Waals surface area (Å²) in [7, 11) is 0. The van der Waals surface area contributed by atoms with Crippen molar-refractivity contribution in [3.8, 4) is 5.69 Å². The summed E-state index contributed by atoms with van der Waals surface area (Å²) in [5, 5.41) is 17.7. The molecule has 2 aliphatic heterocycles. The summed E-state index contributed by atoms with van der Waals surface area (Å²) in [6, 6.07) is 9.38. The van der Waals surface area contributed by atoms with E-state index in [1.54, 1.807) is 11.1 Å². The molecule has 0 saturated carbocycles. The van der Waals surface area contributed by atoms with E-state index in [9.17, 15) is 14.7 Å². The van der Waals surface area contributed by atoms with Gasteiger partial charge in [-0.1, -0.05) is 23.4 Å². The van der Waals surface area contributed by atoms with Gasteiger partial charge in [-0.15, -0.1) is 5.10 Å². The maximum Gasteiger partial charge on any atom is 0.311 e. The van der Waals surface area contributed by atoms with Crippen LogP contribution in [0.1, 0.15) is 16.9 Å². The van der Waals surface area contributed by atoms with Crippen LogP contribution >= 0.6 is 0 Å². The van der Waals surface area contributed by atoms with Crippen molar-refractivity contribution in [2.24, 2.45) is 11.3 Å². The highest BCUT2D eigenvalue weighted by molar-refractivity contribution is 5.93. The normalized spacial score (nSPS) is 25.6. The third-order valence-corrected chi connectivity index (χ3v) is 5.15. The molecule has 1 N–H and O–H groups in total. The van der Waals surface area contributed by atoms with Crippen LogP contribution in [-0.4, -0.2) is 63.2 Å². The van der Waals surface area contributed by atoms with Gasteiger partial charge in [0.05, 0.1) is 23.9 Å². The van der Waals surface area contributed by atoms with Gasteiger partial charge in [0.1, 0.15) is 0 Å². The molecule has 1 aromatic heterocycles. The second-order valence-electron chi connectivity index (χ2n) is 6.55. The first-order valence-electron chi connectivity index (χ1n) is 8.18. The Kier molecular flexibility index (Phi) is 3.76. The Bertz CT molecular complexity index is 806. The summed E-state index contributed by atoms with van der Waals surface area (Å²) < 4.78 is 6.96. The maximum absolute atomic E-state index is 12.8. The molecule has 1 amide bonds. The number of aromatic nitrogens is 3. The van der Waals surface area contributed by atoms with Gasteiger partial charge in [-0.2, -0.15) is 0 Å². The van der Waals surface area contributed by atoms with E-state index in [4.69, 9.17) is 4.74 Å². The maximum atomic E-state index is 12.8. The van der Waals surface area contributed by atoms with E-state index in [0.29, 0.717) is 26.2 Å². The fourth-order valence-corrected chi connectivity index (χ4v) is 3.68. The van der Waals surface area contributed by atoms with Crippen LogP contribution in [0.15, 0.2) is 36.5 Å². The number of hydrogen-bond acceptors (Lipinski definition) is 5. The lowest BCUT2D eigenvalue weighted by Crippen LogP contribution is -2.45. The van der Waals surface area contributed by atoms with Crippen molar-refractivity contribution in [1.82, 2.24) is 19.9 Å². The van der Waals surface area contributed by atoms with Gasteiger partial charge in [0, 0.05) is 25.6 Å². The number of carboxylic acids is 1. The number of aliphatic carboxylic acids is 1. The highest BCUT2D eigenvalue weighted by atomic mass is 16.5. The van der Waals surface area contributed by atoms with E-state index in [-0.39, 0.29) is 24.1 Å². The van der Waals surface area contributed by atoms with E-state index in [1.807, 2.05) is 30.3 Å². The van der Waals surface area contributed by atoms with Gasteiger partial charge in [-0.3, -0.25) is 9.59 Å². The molecule has 0 radical (unpaired) electrons. The van der Waals surface area contributed by atoms with Gasteiger partial charge in [0.25, 0.3) is 5.91 Å². The lowest BCUT2D eigenvalue weighted by Gasteiger charge is -2.33. The molecular weight excluding hydrogens is 324 g/mol. The zero-order chi connectivity index (χ0) is 17.4. The van der Waals surface area contributed by atoms with Crippen LogP contribution in [0, 0.1) is 11.3 Å². The summed E-state index contributed by atoms with van der Waals surface area (Å²) in [5.74, 6) is -1.34. The monoisotopic (exact) mass is 342 g/mol. The van der Waals surface area contributed by atoms with Crippen molar-refractivity contribution < 1.29 is 19.4 Å². The number of carbonyl (C=O) groups is 2. The highest BCUT2D eigenvalue weighted by Gasteiger charge is 2.55. The topological polar surface area (TPSA) is 97.5 Å². The lowest BCUT2D eigenvalue weighted by atomic mass is 9.74. The zero-order valence-corrected chi connectivity index (χ0v) is 13.5. The number of nitrogens with zero attached hydrogens (tertiary/aromatic N) is 4. The standard InChI is InChI=1S/C17H18N4O4/c22-15(14-9-21(19-18-14)13-4-2-1-3-5-13)20-8-12-10-25-7-6-17(12,11-20)16(23)24/h1-5,9,12H,6-8,10-11H2,(H,23,24)/t12-,17+/m0/s1. The molecule has 0 unspecified atom stereocenters. The molecule has 25 heavy (non-hydrogen) atoms. The SMILES string of the molecule is O=C(c1cn(-c2ccccc2)nn1)N1C[C@H]2COCC[C@@]2(C(=O)O)C1. The van der Waals surface area contributed by atoms with Crippen molar-refractivity contribution in [2.75, 3.05) is 26.3 Å². The molecule has 4 rings (SSSR count). The molecule has 130 valence electrons. The third-order valence-electron chi connectivity index (χ3n) is 5.15. The summed E-state index contributed by atoms with van der Waals surface area (Å²) in [4.78, 5) is 26.2. The minimum atomic E-state index is -0.913. The molecular formula is C17H18N4O4. The van der Waals surface area contributed by atoms with Crippen molar-refractivity contribution in [3.63, 3.8) is 0 Å². The predicted octanol–water partition coefficient (Wildman–Crippen LogP) is 0.831. The Morgan fingerprint density at radius 2 is 2.08 bits per heavy atom. The van der Waals surface area contributed by atoms with Crippen molar-refractivity contribution >= 4 is 11.9 Å². The first-order valence-corrected chi connectivity index (χ1v) is 8.18. The predicted molar refractivity (Wildman–Crippen MR) is 86.3 cm³/mol. The number of carbonyl (C=O) groups excluding carboxylic acids is 1. The highest BCUT2D eigenvalue weighted by Crippen LogP contribution is 2.42. The molecule has 0 spiro atoms. The molecule has 0 aliphatic carbocycles. The first kappa shape index (κ1) is 15.8. The van der Waals surface area contributed by atoms with Crippen LogP contribution in [0.2, 0.25) is 0 Å². The van der Waals surface area contributed by atoms with Crippen molar-refractivity contribution in [3.05, 3.63) is 42.2 Å². The quantitative estimate of drug-likeness (QED) is 0.887. The number of amides is 1. The number of hydrogen-bond donors (Lipinski definition) is 1. The Labute approximate surface area is 144 Å². The number of fused-ring (bicyclic) bond motifs is 1. The Balaban J connectivity index is 1.56. The van der Waals surface area contributed by atoms with Crippen LogP contribution in [0.5, 0.6) is 0 Å². The van der Waals surface area contributed by atoms with Gasteiger partial charge < -0.3 is 14.7 Å². The van der Waals surface area contributed by atoms with Crippen LogP contribution in [0.4, 0.5) is 0 Å². The largest absolute Gasteiger partial charge is 0.481 e. The third kappa shape index (κ3) is 2.58. The lowest BCUT2D eigenvalue weighted by molar-refractivity contribution is -0.157. The molecule has 2 saturated heterocycles. The second-order valence-corrected chi connectivity index (χ2v) is 6.55. The minimum Gasteiger partial charge on any atom is -0.481 e. The number of rotatable bonds is 3. The van der Waals surface area contributed by atoms with Gasteiger partial charge in [0.15, 0.2) is 5.69 Å². The number of para-hydroxylation sites is 1. The molecule has 8 nitrogen and oxygen atoms in total. The average molecular weight is 342 g/mol. The Morgan fingerprint density at radius 1 is 1.28 bits per heavy atom. The molecule has 2 aromatic rings. The van der Waals surface area contributed by atoms with E-state index >= 15 is 0 Å². The van der Waals surface area contributed by atoms with Crippen molar-refractivity contribution in [2.45, 2.75) is 6.42 Å². The Hall–Kier alpha value is -2.74. The number of carboxylic acid groups (broad SMARTS) is 1. The van der Waals surface area contributed by atoms with E-state index in [1.165, 1.54) is 4.68 Å². The first-order chi connectivity index (χ1) is 12.1. The molecule has 0 bridgehead atoms. The van der Waals surface area contributed by atoms with Crippen molar-refractivity contribution in [1.29, 1.82) is 0 Å². The van der Waals surface area contributed by atoms with Gasteiger partial charge in [-0.25, -0.2) is 4.68 Å². The van der Waals surface area contributed by atoms with Crippen LogP contribution in [0.3, 0.4) is 0 Å². The molecule has 2 fully saturated rings. The van der Waals surface area contributed by atoms with Crippen LogP contribution in [-0.2, 0) is 9.53 Å². The van der Waals surface area contributed by atoms with Gasteiger partial charge in [-0.05, 0) is 18.6 Å². The summed E-state index contributed by atoms with van der Waals surface area (Å²) in [6.45, 7) is 1.33. The number of benzene rings is 1. The minimum absolute atomic E-state index is 0.188. The summed E-state index contributed by atoms with van der Waals surface area (Å²) in [5.41, 5.74) is 0.104. The van der Waals surface area contributed by atoms with Crippen LogP contribution < -0.4 is 0 Å². The zero-order valence-electron chi connectivity index (χ0n) is 13.5. The number of ether oxygens (including phenoxy) is 1. The second kappa shape index (κ2) is 5.96. The molecule has 2 aliphatic rings. The number of likely N-dealkylation sites (tertiary alicyclic amines) is 1. The van der Waals surface area contributed by atoms with E-state index in [2.05, 4.69) is 10.3 Å². The fraction of sp³-hybridized carbons (Fsp3) is 0.412. The summed E-state index contributed by atoms with van der Waals surface area (Å²) >= 11 is 0. The smallest absolute Gasteiger partial charge is 0.311 e. The molecule has 2 atom stereocenters.